The Morgan fingerprint density at radius 1 is 1.09 bits per heavy atom. The Balaban J connectivity index is 1.88. The van der Waals surface area contributed by atoms with E-state index in [-0.39, 0.29) is 6.04 Å². The zero-order chi connectivity index (χ0) is 16.2. The quantitative estimate of drug-likeness (QED) is 0.790. The number of hydrogen-bond acceptors (Lipinski definition) is 5. The van der Waals surface area contributed by atoms with E-state index in [1.54, 1.807) is 0 Å². The van der Waals surface area contributed by atoms with Gasteiger partial charge in [-0.3, -0.25) is 4.90 Å². The highest BCUT2D eigenvalue weighted by molar-refractivity contribution is 8.03. The molecule has 0 aromatic heterocycles. The van der Waals surface area contributed by atoms with Crippen LogP contribution in [0.15, 0.2) is 29.2 Å². The van der Waals surface area contributed by atoms with Crippen LogP contribution >= 0.6 is 11.8 Å². The minimum Gasteiger partial charge on any atom is -0.368 e. The molecule has 0 amide bonds. The lowest BCUT2D eigenvalue weighted by atomic mass is 10.1. The molecular weight excluding hydrogens is 306 g/mol. The van der Waals surface area contributed by atoms with Crippen molar-refractivity contribution in [3.05, 3.63) is 34.7 Å². The number of nitrogens with zero attached hydrogens (tertiary/aromatic N) is 3. The summed E-state index contributed by atoms with van der Waals surface area (Å²) in [5, 5.41) is 0. The van der Waals surface area contributed by atoms with Crippen LogP contribution in [0.25, 0.3) is 6.08 Å². The Labute approximate surface area is 143 Å². The van der Waals surface area contributed by atoms with E-state index in [1.165, 1.54) is 11.3 Å². The van der Waals surface area contributed by atoms with Crippen LogP contribution in [0.1, 0.15) is 5.56 Å². The van der Waals surface area contributed by atoms with Crippen LogP contribution in [-0.4, -0.2) is 74.7 Å². The third kappa shape index (κ3) is 3.79. The Morgan fingerprint density at radius 3 is 2.57 bits per heavy atom. The Bertz CT molecular complexity index is 581. The molecule has 1 unspecified atom stereocenters. The van der Waals surface area contributed by atoms with Crippen LogP contribution in [0, 0.1) is 0 Å². The lowest BCUT2D eigenvalue weighted by molar-refractivity contribution is -0.110. The van der Waals surface area contributed by atoms with Crippen molar-refractivity contribution in [2.24, 2.45) is 0 Å². The van der Waals surface area contributed by atoms with Crippen LogP contribution in [0.5, 0.6) is 0 Å². The van der Waals surface area contributed by atoms with Crippen LogP contribution in [0.3, 0.4) is 0 Å². The van der Waals surface area contributed by atoms with Gasteiger partial charge in [-0.05, 0) is 31.8 Å². The first-order valence-electron chi connectivity index (χ1n) is 8.21. The summed E-state index contributed by atoms with van der Waals surface area (Å²) < 4.78 is 0. The second-order valence-corrected chi connectivity index (χ2v) is 7.47. The highest BCUT2D eigenvalue weighted by Gasteiger charge is 2.24. The highest BCUT2D eigenvalue weighted by Crippen LogP contribution is 2.32. The molecule has 0 bridgehead atoms. The molecule has 2 heterocycles. The van der Waals surface area contributed by atoms with Gasteiger partial charge in [0.1, 0.15) is 6.29 Å². The zero-order valence-electron chi connectivity index (χ0n) is 13.9. The number of carbonyl (C=O) groups is 1. The summed E-state index contributed by atoms with van der Waals surface area (Å²) in [7, 11) is 4.20. The Morgan fingerprint density at radius 2 is 1.83 bits per heavy atom. The third-order valence-corrected chi connectivity index (χ3v) is 5.77. The number of aldehydes is 1. The molecule has 0 spiro atoms. The normalized spacial score (nSPS) is 25.7. The first kappa shape index (κ1) is 16.6. The minimum absolute atomic E-state index is 0.103. The second-order valence-electron chi connectivity index (χ2n) is 6.31. The zero-order valence-corrected chi connectivity index (χ0v) is 14.8. The van der Waals surface area contributed by atoms with E-state index in [4.69, 9.17) is 0 Å². The molecule has 2 saturated heterocycles. The maximum atomic E-state index is 11.5. The fraction of sp³-hybridized carbons (Fsp3) is 0.500. The topological polar surface area (TPSA) is 26.8 Å². The SMILES string of the molecule is CN1CCN(c2ccccc2C=C2SCCN(C)C2C=O)CC1. The van der Waals surface area contributed by atoms with E-state index < -0.39 is 0 Å². The molecule has 0 saturated carbocycles. The van der Waals surface area contributed by atoms with Crippen LogP contribution in [0.2, 0.25) is 0 Å². The average Bonchev–Trinajstić information content (AvgIpc) is 2.56. The molecular formula is C18H25N3OS. The van der Waals surface area contributed by atoms with Crippen LogP contribution < -0.4 is 4.90 Å². The summed E-state index contributed by atoms with van der Waals surface area (Å²) >= 11 is 1.81. The van der Waals surface area contributed by atoms with Gasteiger partial charge < -0.3 is 14.6 Å². The molecule has 0 radical (unpaired) electrons. The Kier molecular flexibility index (Phi) is 5.41. The van der Waals surface area contributed by atoms with Gasteiger partial charge >= 0.3 is 0 Å². The van der Waals surface area contributed by atoms with Crippen molar-refractivity contribution in [2.75, 3.05) is 57.5 Å². The van der Waals surface area contributed by atoms with Crippen molar-refractivity contribution in [1.29, 1.82) is 0 Å². The number of hydrogen-bond donors (Lipinski definition) is 0. The molecule has 2 aliphatic heterocycles. The molecule has 2 aliphatic rings. The Hall–Kier alpha value is -1.30. The van der Waals surface area contributed by atoms with Gasteiger partial charge in [-0.15, -0.1) is 11.8 Å². The molecule has 0 N–H and O–H groups in total. The van der Waals surface area contributed by atoms with E-state index in [0.717, 1.165) is 49.7 Å². The van der Waals surface area contributed by atoms with E-state index in [2.05, 4.69) is 52.1 Å². The van der Waals surface area contributed by atoms with Crippen LogP contribution in [-0.2, 0) is 4.79 Å². The van der Waals surface area contributed by atoms with Gasteiger partial charge in [0.15, 0.2) is 0 Å². The van der Waals surface area contributed by atoms with E-state index >= 15 is 0 Å². The molecule has 1 aromatic rings. The summed E-state index contributed by atoms with van der Waals surface area (Å²) in [6, 6.07) is 8.45. The highest BCUT2D eigenvalue weighted by atomic mass is 32.2. The maximum absolute atomic E-state index is 11.5. The van der Waals surface area contributed by atoms with Crippen molar-refractivity contribution in [3.63, 3.8) is 0 Å². The summed E-state index contributed by atoms with van der Waals surface area (Å²) in [5.74, 6) is 1.04. The van der Waals surface area contributed by atoms with Gasteiger partial charge in [0.05, 0.1) is 6.04 Å². The van der Waals surface area contributed by atoms with Gasteiger partial charge in [-0.1, -0.05) is 18.2 Å². The summed E-state index contributed by atoms with van der Waals surface area (Å²) in [6.07, 6.45) is 3.28. The molecule has 23 heavy (non-hydrogen) atoms. The standard InChI is InChI=1S/C18H25N3OS/c1-19-7-9-21(10-8-19)16-6-4-3-5-15(16)13-18-17(14-22)20(2)11-12-23-18/h3-6,13-14,17H,7-12H2,1-2H3. The third-order valence-electron chi connectivity index (χ3n) is 4.69. The predicted molar refractivity (Wildman–Crippen MR) is 99.1 cm³/mol. The minimum atomic E-state index is -0.103. The number of para-hydroxylation sites is 1. The summed E-state index contributed by atoms with van der Waals surface area (Å²) in [6.45, 7) is 5.27. The lowest BCUT2D eigenvalue weighted by Crippen LogP contribution is -2.44. The largest absolute Gasteiger partial charge is 0.368 e. The summed E-state index contributed by atoms with van der Waals surface area (Å²) in [4.78, 5) is 19.6. The molecule has 5 heteroatoms. The smallest absolute Gasteiger partial charge is 0.142 e. The van der Waals surface area contributed by atoms with Crippen molar-refractivity contribution in [2.45, 2.75) is 6.04 Å². The lowest BCUT2D eigenvalue weighted by Gasteiger charge is -2.35. The van der Waals surface area contributed by atoms with Crippen molar-refractivity contribution < 1.29 is 4.79 Å². The molecule has 4 nitrogen and oxygen atoms in total. The monoisotopic (exact) mass is 331 g/mol. The fourth-order valence-electron chi connectivity index (χ4n) is 3.15. The van der Waals surface area contributed by atoms with Gasteiger partial charge in [0.2, 0.25) is 0 Å². The number of rotatable bonds is 3. The molecule has 1 atom stereocenters. The number of carbonyl (C=O) groups excluding carboxylic acids is 1. The molecule has 124 valence electrons. The van der Waals surface area contributed by atoms with E-state index in [0.29, 0.717) is 0 Å². The second kappa shape index (κ2) is 7.51. The molecule has 3 rings (SSSR count). The number of likely N-dealkylation sites (N-methyl/N-ethyl adjacent to an activating group) is 2. The molecule has 1 aromatic carbocycles. The van der Waals surface area contributed by atoms with Crippen molar-refractivity contribution in [1.82, 2.24) is 9.80 Å². The first-order valence-corrected chi connectivity index (χ1v) is 9.20. The number of thioether (sulfide) groups is 1. The molecule has 2 fully saturated rings. The predicted octanol–water partition coefficient (Wildman–Crippen LogP) is 2.03. The van der Waals surface area contributed by atoms with Gasteiger partial charge in [-0.2, -0.15) is 0 Å². The number of anilines is 1. The van der Waals surface area contributed by atoms with Crippen molar-refractivity contribution in [3.8, 4) is 0 Å². The molecule has 0 aliphatic carbocycles. The van der Waals surface area contributed by atoms with Gasteiger partial charge in [-0.25, -0.2) is 0 Å². The number of benzene rings is 1. The fourth-order valence-corrected chi connectivity index (χ4v) is 4.38. The average molecular weight is 331 g/mol. The summed E-state index contributed by atoms with van der Waals surface area (Å²) in [5.41, 5.74) is 2.51. The first-order chi connectivity index (χ1) is 11.2. The maximum Gasteiger partial charge on any atom is 0.142 e. The van der Waals surface area contributed by atoms with Crippen LogP contribution in [0.4, 0.5) is 5.69 Å². The van der Waals surface area contributed by atoms with Crippen molar-refractivity contribution >= 4 is 29.8 Å². The van der Waals surface area contributed by atoms with Gasteiger partial charge in [0, 0.05) is 49.1 Å². The number of piperazine rings is 1. The van der Waals surface area contributed by atoms with E-state index in [9.17, 15) is 4.79 Å². The van der Waals surface area contributed by atoms with E-state index in [1.807, 2.05) is 18.8 Å². The van der Waals surface area contributed by atoms with Gasteiger partial charge in [0.25, 0.3) is 0 Å².